The minimum Gasteiger partial charge on any atom is -0.462 e. The van der Waals surface area contributed by atoms with Crippen molar-refractivity contribution >= 4 is 17.9 Å². The molecule has 0 aromatic rings. The molecule has 0 spiro atoms. The van der Waals surface area contributed by atoms with Gasteiger partial charge in [-0.1, -0.05) is 202 Å². The molecule has 0 aliphatic carbocycles. The molecule has 0 aromatic carbocycles. The van der Waals surface area contributed by atoms with Crippen molar-refractivity contribution in [3.8, 4) is 0 Å². The van der Waals surface area contributed by atoms with Crippen molar-refractivity contribution in [2.75, 3.05) is 13.2 Å². The van der Waals surface area contributed by atoms with Crippen molar-refractivity contribution in [2.45, 2.75) is 247 Å². The van der Waals surface area contributed by atoms with Crippen LogP contribution in [0, 0.1) is 17.8 Å². The molecule has 0 N–H and O–H groups in total. The normalized spacial score (nSPS) is 12.7. The van der Waals surface area contributed by atoms with Crippen LogP contribution >= 0.6 is 0 Å². The number of hydrogen-bond donors (Lipinski definition) is 0. The molecular weight excluding hydrogens is 648 g/mol. The largest absolute Gasteiger partial charge is 0.462 e. The third-order valence-electron chi connectivity index (χ3n) is 10.5. The third-order valence-corrected chi connectivity index (χ3v) is 10.5. The second-order valence-electron chi connectivity index (χ2n) is 16.9. The van der Waals surface area contributed by atoms with Gasteiger partial charge in [0.1, 0.15) is 13.2 Å². The van der Waals surface area contributed by atoms with Crippen LogP contribution in [0.1, 0.15) is 241 Å². The quantitative estimate of drug-likeness (QED) is 0.0355. The molecule has 0 heterocycles. The third kappa shape index (κ3) is 38.1. The molecule has 52 heavy (non-hydrogen) atoms. The molecule has 0 aromatic heterocycles. The number of hydrogen-bond acceptors (Lipinski definition) is 6. The van der Waals surface area contributed by atoms with E-state index in [9.17, 15) is 14.4 Å². The van der Waals surface area contributed by atoms with Crippen LogP contribution in [0.2, 0.25) is 0 Å². The predicted molar refractivity (Wildman–Crippen MR) is 219 cm³/mol. The van der Waals surface area contributed by atoms with Gasteiger partial charge in [-0.25, -0.2) is 0 Å². The average Bonchev–Trinajstić information content (AvgIpc) is 3.11. The molecule has 0 aliphatic rings. The lowest BCUT2D eigenvalue weighted by molar-refractivity contribution is -0.167. The predicted octanol–water partition coefficient (Wildman–Crippen LogP) is 14.0. The minimum atomic E-state index is -0.762. The Balaban J connectivity index is 4.36. The number of ether oxygens (including phenoxy) is 3. The Morgan fingerprint density at radius 3 is 1.00 bits per heavy atom. The summed E-state index contributed by atoms with van der Waals surface area (Å²) in [5, 5.41) is 0. The SMILES string of the molecule is CCC(C)CCCCCCCCCCC(=O)OC[C@H](COC(=O)CCCCCCCCCCC(C)C)OC(=O)CCCCCCCCCCC(C)C. The Morgan fingerprint density at radius 1 is 0.385 bits per heavy atom. The second-order valence-corrected chi connectivity index (χ2v) is 16.9. The molecule has 308 valence electrons. The molecule has 0 rings (SSSR count). The first kappa shape index (κ1) is 50.4. The van der Waals surface area contributed by atoms with E-state index in [1.165, 1.54) is 122 Å². The molecule has 0 bridgehead atoms. The molecule has 0 amide bonds. The van der Waals surface area contributed by atoms with Gasteiger partial charge >= 0.3 is 17.9 Å². The van der Waals surface area contributed by atoms with Crippen LogP contribution in [0.15, 0.2) is 0 Å². The van der Waals surface area contributed by atoms with Gasteiger partial charge in [-0.3, -0.25) is 14.4 Å². The summed E-state index contributed by atoms with van der Waals surface area (Å²) in [4.78, 5) is 37.7. The van der Waals surface area contributed by atoms with Gasteiger partial charge in [0, 0.05) is 19.3 Å². The van der Waals surface area contributed by atoms with Gasteiger partial charge in [-0.15, -0.1) is 0 Å². The number of carbonyl (C=O) groups is 3. The Hall–Kier alpha value is -1.59. The second kappa shape index (κ2) is 37.7. The molecule has 1 unspecified atom stereocenters. The van der Waals surface area contributed by atoms with Crippen LogP contribution in [0.5, 0.6) is 0 Å². The van der Waals surface area contributed by atoms with Crippen LogP contribution < -0.4 is 0 Å². The van der Waals surface area contributed by atoms with Gasteiger partial charge in [0.25, 0.3) is 0 Å². The Labute approximate surface area is 323 Å². The lowest BCUT2D eigenvalue weighted by Crippen LogP contribution is -2.30. The van der Waals surface area contributed by atoms with Crippen LogP contribution in [0.4, 0.5) is 0 Å². The van der Waals surface area contributed by atoms with Crippen molar-refractivity contribution < 1.29 is 28.6 Å². The zero-order valence-corrected chi connectivity index (χ0v) is 35.6. The van der Waals surface area contributed by atoms with Crippen molar-refractivity contribution in [3.63, 3.8) is 0 Å². The van der Waals surface area contributed by atoms with E-state index in [0.29, 0.717) is 19.3 Å². The zero-order valence-electron chi connectivity index (χ0n) is 35.6. The van der Waals surface area contributed by atoms with Crippen LogP contribution in [-0.4, -0.2) is 37.2 Å². The summed E-state index contributed by atoms with van der Waals surface area (Å²) in [6.07, 6.45) is 33.8. The molecule has 0 aliphatic heterocycles. The Kier molecular flexibility index (Phi) is 36.6. The zero-order chi connectivity index (χ0) is 38.5. The maximum Gasteiger partial charge on any atom is 0.306 e. The molecule has 0 saturated carbocycles. The van der Waals surface area contributed by atoms with E-state index in [-0.39, 0.29) is 31.1 Å². The smallest absolute Gasteiger partial charge is 0.306 e. The van der Waals surface area contributed by atoms with Crippen LogP contribution in [-0.2, 0) is 28.6 Å². The highest BCUT2D eigenvalue weighted by Gasteiger charge is 2.19. The minimum absolute atomic E-state index is 0.0670. The van der Waals surface area contributed by atoms with Gasteiger partial charge in [-0.05, 0) is 37.0 Å². The molecule has 6 heteroatoms. The van der Waals surface area contributed by atoms with Gasteiger partial charge < -0.3 is 14.2 Å². The Bertz CT molecular complexity index is 809. The van der Waals surface area contributed by atoms with E-state index < -0.39 is 6.10 Å². The van der Waals surface area contributed by atoms with Gasteiger partial charge in [-0.2, -0.15) is 0 Å². The topological polar surface area (TPSA) is 78.9 Å². The van der Waals surface area contributed by atoms with E-state index in [0.717, 1.165) is 75.5 Å². The number of unbranched alkanes of at least 4 members (excludes halogenated alkanes) is 21. The average molecular weight is 737 g/mol. The van der Waals surface area contributed by atoms with Crippen molar-refractivity contribution in [2.24, 2.45) is 17.8 Å². The van der Waals surface area contributed by atoms with E-state index >= 15 is 0 Å². The summed E-state index contributed by atoms with van der Waals surface area (Å²) >= 11 is 0. The highest BCUT2D eigenvalue weighted by atomic mass is 16.6. The standard InChI is InChI=1S/C46H88O6/c1-7-42(6)34-28-22-16-10-13-18-24-30-36-45(48)51-39-43(52-46(49)37-31-25-19-12-9-15-21-27-33-41(4)5)38-50-44(47)35-29-23-17-11-8-14-20-26-32-40(2)3/h40-43H,7-39H2,1-6H3/t42?,43-/m0/s1. The lowest BCUT2D eigenvalue weighted by Gasteiger charge is -2.18. The van der Waals surface area contributed by atoms with Gasteiger partial charge in [0.2, 0.25) is 0 Å². The summed E-state index contributed by atoms with van der Waals surface area (Å²) in [5.74, 6) is 1.57. The fraction of sp³-hybridized carbons (Fsp3) is 0.935. The van der Waals surface area contributed by atoms with Crippen molar-refractivity contribution in [1.82, 2.24) is 0 Å². The molecule has 0 radical (unpaired) electrons. The van der Waals surface area contributed by atoms with Crippen molar-refractivity contribution in [1.29, 1.82) is 0 Å². The van der Waals surface area contributed by atoms with Gasteiger partial charge in [0.15, 0.2) is 6.10 Å². The monoisotopic (exact) mass is 737 g/mol. The lowest BCUT2D eigenvalue weighted by atomic mass is 9.99. The molecule has 0 saturated heterocycles. The number of rotatable bonds is 39. The van der Waals surface area contributed by atoms with E-state index in [2.05, 4.69) is 41.5 Å². The fourth-order valence-corrected chi connectivity index (χ4v) is 6.67. The molecule has 6 nitrogen and oxygen atoms in total. The summed E-state index contributed by atoms with van der Waals surface area (Å²) in [6.45, 7) is 13.6. The summed E-state index contributed by atoms with van der Waals surface area (Å²) < 4.78 is 16.7. The Morgan fingerprint density at radius 2 is 0.673 bits per heavy atom. The van der Waals surface area contributed by atoms with E-state index in [1.807, 2.05) is 0 Å². The maximum absolute atomic E-state index is 12.7. The first-order valence-corrected chi connectivity index (χ1v) is 22.6. The van der Waals surface area contributed by atoms with E-state index in [1.54, 1.807) is 0 Å². The highest BCUT2D eigenvalue weighted by Crippen LogP contribution is 2.17. The number of carbonyl (C=O) groups excluding carboxylic acids is 3. The van der Waals surface area contributed by atoms with Crippen molar-refractivity contribution in [3.05, 3.63) is 0 Å². The highest BCUT2D eigenvalue weighted by molar-refractivity contribution is 5.71. The molecular formula is C46H88O6. The first-order chi connectivity index (χ1) is 25.1. The summed E-state index contributed by atoms with van der Waals surface area (Å²) in [7, 11) is 0. The van der Waals surface area contributed by atoms with Gasteiger partial charge in [0.05, 0.1) is 0 Å². The first-order valence-electron chi connectivity index (χ1n) is 22.6. The summed E-state index contributed by atoms with van der Waals surface area (Å²) in [6, 6.07) is 0. The maximum atomic E-state index is 12.7. The van der Waals surface area contributed by atoms with Crippen LogP contribution in [0.25, 0.3) is 0 Å². The fourth-order valence-electron chi connectivity index (χ4n) is 6.67. The van der Waals surface area contributed by atoms with Crippen LogP contribution in [0.3, 0.4) is 0 Å². The number of esters is 3. The molecule has 2 atom stereocenters. The summed E-state index contributed by atoms with van der Waals surface area (Å²) in [5.41, 5.74) is 0. The van der Waals surface area contributed by atoms with E-state index in [4.69, 9.17) is 14.2 Å². The molecule has 0 fully saturated rings.